The average Bonchev–Trinajstić information content (AvgIpc) is 3.10. The summed E-state index contributed by atoms with van der Waals surface area (Å²) in [5, 5.41) is 6.48. The fraction of sp³-hybridized carbons (Fsp3) is 0.562. The lowest BCUT2D eigenvalue weighted by atomic mass is 9.87. The molecule has 1 heterocycles. The van der Waals surface area contributed by atoms with E-state index in [4.69, 9.17) is 0 Å². The molecule has 3 rings (SSSR count). The Morgan fingerprint density at radius 3 is 2.50 bits per heavy atom. The number of amides is 1. The standard InChI is InChI=1S/C16H21FN2O/c17-13-7-5-12(6-8-13)16(9-1-2-10-16)19-15(20)14-4-3-11-18-14/h5-8,14,18H,1-4,9-11H2,(H,19,20). The van der Waals surface area contributed by atoms with Gasteiger partial charge in [-0.15, -0.1) is 0 Å². The number of carbonyl (C=O) groups excluding carboxylic acids is 1. The maximum atomic E-state index is 13.1. The SMILES string of the molecule is O=C(NC1(c2ccc(F)cc2)CCCC1)C1CCCN1. The molecule has 2 N–H and O–H groups in total. The van der Waals surface area contributed by atoms with Gasteiger partial charge in [0.05, 0.1) is 11.6 Å². The minimum atomic E-state index is -0.297. The van der Waals surface area contributed by atoms with Crippen LogP contribution in [0.15, 0.2) is 24.3 Å². The zero-order chi connectivity index (χ0) is 14.0. The van der Waals surface area contributed by atoms with Crippen molar-refractivity contribution in [3.8, 4) is 0 Å². The summed E-state index contributed by atoms with van der Waals surface area (Å²) in [6.45, 7) is 0.918. The van der Waals surface area contributed by atoms with Crippen LogP contribution in [-0.2, 0) is 10.3 Å². The van der Waals surface area contributed by atoms with E-state index >= 15 is 0 Å². The van der Waals surface area contributed by atoms with Gasteiger partial charge < -0.3 is 10.6 Å². The minimum absolute atomic E-state index is 0.0621. The molecule has 1 saturated carbocycles. The van der Waals surface area contributed by atoms with Crippen molar-refractivity contribution in [1.82, 2.24) is 10.6 Å². The van der Waals surface area contributed by atoms with Gasteiger partial charge in [-0.1, -0.05) is 25.0 Å². The van der Waals surface area contributed by atoms with E-state index in [1.807, 2.05) is 12.1 Å². The maximum absolute atomic E-state index is 13.1. The third-order valence-corrected chi connectivity index (χ3v) is 4.59. The lowest BCUT2D eigenvalue weighted by Crippen LogP contribution is -2.50. The highest BCUT2D eigenvalue weighted by atomic mass is 19.1. The van der Waals surface area contributed by atoms with E-state index in [0.29, 0.717) is 0 Å². The number of halogens is 1. The third kappa shape index (κ3) is 2.57. The predicted molar refractivity (Wildman–Crippen MR) is 75.7 cm³/mol. The molecule has 1 amide bonds. The molecule has 1 aromatic carbocycles. The molecular formula is C16H21FN2O. The number of nitrogens with one attached hydrogen (secondary N) is 2. The highest BCUT2D eigenvalue weighted by molar-refractivity contribution is 5.83. The third-order valence-electron chi connectivity index (χ3n) is 4.59. The molecule has 2 fully saturated rings. The van der Waals surface area contributed by atoms with Crippen LogP contribution in [0.2, 0.25) is 0 Å². The van der Waals surface area contributed by atoms with Crippen LogP contribution in [0.3, 0.4) is 0 Å². The first-order valence-electron chi connectivity index (χ1n) is 7.51. The Morgan fingerprint density at radius 2 is 1.90 bits per heavy atom. The Kier molecular flexibility index (Phi) is 3.74. The molecule has 1 atom stereocenters. The fourth-order valence-corrected chi connectivity index (χ4v) is 3.46. The van der Waals surface area contributed by atoms with Crippen molar-refractivity contribution in [2.24, 2.45) is 0 Å². The summed E-state index contributed by atoms with van der Waals surface area (Å²) in [5.41, 5.74) is 0.734. The highest BCUT2D eigenvalue weighted by Gasteiger charge is 2.38. The maximum Gasteiger partial charge on any atom is 0.237 e. The van der Waals surface area contributed by atoms with Crippen molar-refractivity contribution < 1.29 is 9.18 Å². The Labute approximate surface area is 118 Å². The topological polar surface area (TPSA) is 41.1 Å². The lowest BCUT2D eigenvalue weighted by Gasteiger charge is -2.32. The molecule has 20 heavy (non-hydrogen) atoms. The molecule has 0 radical (unpaired) electrons. The molecule has 2 aliphatic rings. The van der Waals surface area contributed by atoms with E-state index in [-0.39, 0.29) is 23.3 Å². The van der Waals surface area contributed by atoms with Crippen molar-refractivity contribution in [2.45, 2.75) is 50.1 Å². The number of hydrogen-bond donors (Lipinski definition) is 2. The molecule has 0 spiro atoms. The van der Waals surface area contributed by atoms with Gasteiger partial charge in [-0.2, -0.15) is 0 Å². The van der Waals surface area contributed by atoms with Crippen molar-refractivity contribution in [3.05, 3.63) is 35.6 Å². The fourth-order valence-electron chi connectivity index (χ4n) is 3.46. The average molecular weight is 276 g/mol. The monoisotopic (exact) mass is 276 g/mol. The molecule has 0 aromatic heterocycles. The zero-order valence-electron chi connectivity index (χ0n) is 11.6. The first kappa shape index (κ1) is 13.6. The molecule has 1 aromatic rings. The number of benzene rings is 1. The summed E-state index contributed by atoms with van der Waals surface area (Å²) in [7, 11) is 0. The second-order valence-electron chi connectivity index (χ2n) is 5.93. The predicted octanol–water partition coefficient (Wildman–Crippen LogP) is 2.46. The van der Waals surface area contributed by atoms with E-state index in [1.165, 1.54) is 12.1 Å². The second kappa shape index (κ2) is 5.52. The highest BCUT2D eigenvalue weighted by Crippen LogP contribution is 2.39. The summed E-state index contributed by atoms with van der Waals surface area (Å²) in [5.74, 6) is -0.139. The second-order valence-corrected chi connectivity index (χ2v) is 5.93. The van der Waals surface area contributed by atoms with E-state index in [9.17, 15) is 9.18 Å². The van der Waals surface area contributed by atoms with Gasteiger partial charge in [-0.25, -0.2) is 4.39 Å². The number of hydrogen-bond acceptors (Lipinski definition) is 2. The molecule has 1 aliphatic heterocycles. The van der Waals surface area contributed by atoms with Crippen LogP contribution in [0.4, 0.5) is 4.39 Å². The minimum Gasteiger partial charge on any atom is -0.345 e. The zero-order valence-corrected chi connectivity index (χ0v) is 11.6. The lowest BCUT2D eigenvalue weighted by molar-refractivity contribution is -0.124. The largest absolute Gasteiger partial charge is 0.345 e. The quantitative estimate of drug-likeness (QED) is 0.890. The van der Waals surface area contributed by atoms with Crippen molar-refractivity contribution >= 4 is 5.91 Å². The van der Waals surface area contributed by atoms with Crippen molar-refractivity contribution in [1.29, 1.82) is 0 Å². The van der Waals surface area contributed by atoms with Crippen LogP contribution in [-0.4, -0.2) is 18.5 Å². The van der Waals surface area contributed by atoms with Crippen LogP contribution in [0, 0.1) is 5.82 Å². The van der Waals surface area contributed by atoms with Gasteiger partial charge >= 0.3 is 0 Å². The molecule has 1 aliphatic carbocycles. The van der Waals surface area contributed by atoms with E-state index in [1.54, 1.807) is 0 Å². The first-order valence-corrected chi connectivity index (χ1v) is 7.51. The van der Waals surface area contributed by atoms with Crippen LogP contribution in [0.5, 0.6) is 0 Å². The van der Waals surface area contributed by atoms with Gasteiger partial charge in [-0.3, -0.25) is 4.79 Å². The van der Waals surface area contributed by atoms with E-state index in [0.717, 1.165) is 50.6 Å². The Hall–Kier alpha value is -1.42. The van der Waals surface area contributed by atoms with Gasteiger partial charge in [-0.05, 0) is 49.9 Å². The number of rotatable bonds is 3. The van der Waals surface area contributed by atoms with Crippen molar-refractivity contribution in [2.75, 3.05) is 6.54 Å². The Bertz CT molecular complexity index is 474. The van der Waals surface area contributed by atoms with Gasteiger partial charge in [0, 0.05) is 0 Å². The summed E-state index contributed by atoms with van der Waals surface area (Å²) in [6.07, 6.45) is 6.06. The summed E-state index contributed by atoms with van der Waals surface area (Å²) < 4.78 is 13.1. The Morgan fingerprint density at radius 1 is 1.20 bits per heavy atom. The van der Waals surface area contributed by atoms with Gasteiger partial charge in [0.1, 0.15) is 5.82 Å². The first-order chi connectivity index (χ1) is 9.70. The van der Waals surface area contributed by atoms with Crippen LogP contribution in [0.1, 0.15) is 44.1 Å². The molecule has 108 valence electrons. The summed E-state index contributed by atoms with van der Waals surface area (Å²) in [4.78, 5) is 12.4. The van der Waals surface area contributed by atoms with Crippen LogP contribution >= 0.6 is 0 Å². The van der Waals surface area contributed by atoms with Crippen LogP contribution in [0.25, 0.3) is 0 Å². The molecule has 1 unspecified atom stereocenters. The summed E-state index contributed by atoms with van der Waals surface area (Å²) in [6, 6.07) is 6.52. The smallest absolute Gasteiger partial charge is 0.237 e. The summed E-state index contributed by atoms with van der Waals surface area (Å²) >= 11 is 0. The normalized spacial score (nSPS) is 24.8. The Balaban J connectivity index is 1.80. The number of carbonyl (C=O) groups is 1. The van der Waals surface area contributed by atoms with Crippen molar-refractivity contribution in [3.63, 3.8) is 0 Å². The van der Waals surface area contributed by atoms with E-state index in [2.05, 4.69) is 10.6 Å². The van der Waals surface area contributed by atoms with Gasteiger partial charge in [0.25, 0.3) is 0 Å². The molecule has 0 bridgehead atoms. The van der Waals surface area contributed by atoms with Gasteiger partial charge in [0.2, 0.25) is 5.91 Å². The molecule has 3 nitrogen and oxygen atoms in total. The molecular weight excluding hydrogens is 255 g/mol. The molecule has 1 saturated heterocycles. The van der Waals surface area contributed by atoms with Crippen LogP contribution < -0.4 is 10.6 Å². The molecule has 4 heteroatoms. The van der Waals surface area contributed by atoms with Gasteiger partial charge in [0.15, 0.2) is 0 Å². The van der Waals surface area contributed by atoms with E-state index < -0.39 is 0 Å².